The van der Waals surface area contributed by atoms with Gasteiger partial charge in [0.1, 0.15) is 0 Å². The van der Waals surface area contributed by atoms with Crippen molar-refractivity contribution in [3.8, 4) is 28.1 Å². The van der Waals surface area contributed by atoms with Crippen molar-refractivity contribution in [2.45, 2.75) is 59.0 Å². The SMILES string of the molecule is Cc1c(-c2ccc(-c3ccccc3)cc2[Se])n(CCCCCCNC(C)C)c2ccc(O)cc12. The molecule has 0 bridgehead atoms. The van der Waals surface area contributed by atoms with Crippen molar-refractivity contribution in [3.05, 3.63) is 72.3 Å². The molecular formula is C30H35N2OSe. The average molecular weight is 519 g/mol. The second-order valence-electron chi connectivity index (χ2n) is 9.43. The molecule has 3 nitrogen and oxygen atoms in total. The van der Waals surface area contributed by atoms with Gasteiger partial charge in [0.15, 0.2) is 0 Å². The van der Waals surface area contributed by atoms with E-state index in [2.05, 4.69) is 101 Å². The molecule has 177 valence electrons. The Morgan fingerprint density at radius 2 is 1.65 bits per heavy atom. The molecule has 0 saturated heterocycles. The maximum absolute atomic E-state index is 10.2. The van der Waals surface area contributed by atoms with Gasteiger partial charge in [-0.3, -0.25) is 0 Å². The Hall–Kier alpha value is -2.52. The van der Waals surface area contributed by atoms with Crippen molar-refractivity contribution in [2.24, 2.45) is 0 Å². The first-order chi connectivity index (χ1) is 16.5. The van der Waals surface area contributed by atoms with E-state index in [1.807, 2.05) is 6.07 Å². The van der Waals surface area contributed by atoms with Gasteiger partial charge < -0.3 is 0 Å². The molecule has 34 heavy (non-hydrogen) atoms. The van der Waals surface area contributed by atoms with E-state index < -0.39 is 0 Å². The van der Waals surface area contributed by atoms with Crippen molar-refractivity contribution in [3.63, 3.8) is 0 Å². The average Bonchev–Trinajstić information content (AvgIpc) is 3.09. The molecule has 0 unspecified atom stereocenters. The summed E-state index contributed by atoms with van der Waals surface area (Å²) in [6, 6.07) is 23.5. The number of phenols is 1. The van der Waals surface area contributed by atoms with Gasteiger partial charge in [-0.05, 0) is 0 Å². The molecule has 4 aromatic rings. The van der Waals surface area contributed by atoms with Gasteiger partial charge in [-0.25, -0.2) is 0 Å². The van der Waals surface area contributed by atoms with Crippen molar-refractivity contribution in [1.82, 2.24) is 9.88 Å². The van der Waals surface area contributed by atoms with Crippen LogP contribution < -0.4 is 9.78 Å². The third-order valence-corrected chi connectivity index (χ3v) is 7.21. The summed E-state index contributed by atoms with van der Waals surface area (Å²) in [6.45, 7) is 8.64. The van der Waals surface area contributed by atoms with E-state index in [4.69, 9.17) is 0 Å². The number of fused-ring (bicyclic) bond motifs is 1. The quantitative estimate of drug-likeness (QED) is 0.190. The van der Waals surface area contributed by atoms with Crippen molar-refractivity contribution in [2.75, 3.05) is 6.54 Å². The molecule has 2 N–H and O–H groups in total. The molecule has 0 aliphatic carbocycles. The van der Waals surface area contributed by atoms with Crippen LogP contribution in [0, 0.1) is 6.92 Å². The number of hydrogen-bond acceptors (Lipinski definition) is 2. The zero-order chi connectivity index (χ0) is 24.1. The zero-order valence-electron chi connectivity index (χ0n) is 20.5. The molecule has 1 heterocycles. The Labute approximate surface area is 212 Å². The molecule has 0 spiro atoms. The van der Waals surface area contributed by atoms with Gasteiger partial charge in [0.2, 0.25) is 0 Å². The minimum atomic E-state index is 0.319. The number of aromatic hydroxyl groups is 1. The number of nitrogens with zero attached hydrogens (tertiary/aromatic N) is 1. The van der Waals surface area contributed by atoms with E-state index in [-0.39, 0.29) is 0 Å². The number of unbranched alkanes of at least 4 members (excludes halogenated alkanes) is 3. The van der Waals surface area contributed by atoms with E-state index in [1.165, 1.54) is 52.7 Å². The number of nitrogens with one attached hydrogen (secondary N) is 1. The summed E-state index contributed by atoms with van der Waals surface area (Å²) in [5.41, 5.74) is 7.31. The van der Waals surface area contributed by atoms with Crippen LogP contribution >= 0.6 is 0 Å². The number of phenolic OH excluding ortho intramolecular Hbond substituents is 1. The summed E-state index contributed by atoms with van der Waals surface area (Å²) in [6.07, 6.45) is 4.82. The van der Waals surface area contributed by atoms with Gasteiger partial charge in [0, 0.05) is 0 Å². The molecule has 1 radical (unpaired) electrons. The van der Waals surface area contributed by atoms with Crippen molar-refractivity contribution >= 4 is 31.4 Å². The van der Waals surface area contributed by atoms with Gasteiger partial charge in [0.25, 0.3) is 0 Å². The molecule has 1 aromatic heterocycles. The Kier molecular flexibility index (Phi) is 8.15. The Bertz CT molecular complexity index is 1240. The Balaban J connectivity index is 1.62. The predicted molar refractivity (Wildman–Crippen MR) is 146 cm³/mol. The first-order valence-electron chi connectivity index (χ1n) is 12.4. The van der Waals surface area contributed by atoms with Crippen LogP contribution in [-0.2, 0) is 6.54 Å². The molecule has 3 aromatic carbocycles. The van der Waals surface area contributed by atoms with Crippen LogP contribution in [0.5, 0.6) is 5.75 Å². The first-order valence-corrected chi connectivity index (χ1v) is 13.2. The van der Waals surface area contributed by atoms with Crippen LogP contribution in [-0.4, -0.2) is 38.3 Å². The third kappa shape index (κ3) is 5.58. The van der Waals surface area contributed by atoms with E-state index in [0.29, 0.717) is 11.8 Å². The Morgan fingerprint density at radius 1 is 0.882 bits per heavy atom. The van der Waals surface area contributed by atoms with E-state index in [1.54, 1.807) is 6.07 Å². The molecule has 0 atom stereocenters. The van der Waals surface area contributed by atoms with Crippen LogP contribution in [0.3, 0.4) is 0 Å². The molecule has 0 saturated carbocycles. The number of rotatable bonds is 10. The van der Waals surface area contributed by atoms with E-state index in [0.717, 1.165) is 29.4 Å². The second kappa shape index (κ2) is 11.3. The minimum absolute atomic E-state index is 0.319. The fraction of sp³-hybridized carbons (Fsp3) is 0.333. The Morgan fingerprint density at radius 3 is 2.38 bits per heavy atom. The second-order valence-corrected chi connectivity index (χ2v) is 10.3. The molecule has 0 fully saturated rings. The van der Waals surface area contributed by atoms with Gasteiger partial charge in [0.05, 0.1) is 0 Å². The van der Waals surface area contributed by atoms with Crippen molar-refractivity contribution in [1.29, 1.82) is 0 Å². The zero-order valence-corrected chi connectivity index (χ0v) is 22.2. The molecule has 4 rings (SSSR count). The summed E-state index contributed by atoms with van der Waals surface area (Å²) in [5, 5.41) is 14.8. The predicted octanol–water partition coefficient (Wildman–Crippen LogP) is 6.34. The van der Waals surface area contributed by atoms with Crippen molar-refractivity contribution < 1.29 is 5.11 Å². The summed E-state index contributed by atoms with van der Waals surface area (Å²) >= 11 is 3.32. The standard InChI is InChI=1S/C30H35N2OSe/c1-21(2)31-17-9-4-5-10-18-32-28-16-14-25(33)20-27(28)22(3)30(32)26-15-13-24(19-29(26)34)23-11-7-6-8-12-23/h6-8,11-16,19-21,31,33H,4-5,9-10,17-18H2,1-3H3. The van der Waals surface area contributed by atoms with Crippen LogP contribution in [0.15, 0.2) is 66.7 Å². The molecule has 0 amide bonds. The van der Waals surface area contributed by atoms with Gasteiger partial charge >= 0.3 is 199 Å². The molecule has 0 aliphatic rings. The monoisotopic (exact) mass is 519 g/mol. The fourth-order valence-corrected chi connectivity index (χ4v) is 5.37. The fourth-order valence-electron chi connectivity index (χ4n) is 4.76. The van der Waals surface area contributed by atoms with E-state index >= 15 is 0 Å². The van der Waals surface area contributed by atoms with E-state index in [9.17, 15) is 5.11 Å². The third-order valence-electron chi connectivity index (χ3n) is 6.51. The normalized spacial score (nSPS) is 11.5. The van der Waals surface area contributed by atoms with Crippen LogP contribution in [0.1, 0.15) is 45.1 Å². The first kappa shape index (κ1) is 24.6. The summed E-state index contributed by atoms with van der Waals surface area (Å²) in [5.74, 6) is 0.319. The van der Waals surface area contributed by atoms with Gasteiger partial charge in [-0.2, -0.15) is 0 Å². The number of aryl methyl sites for hydroxylation is 2. The topological polar surface area (TPSA) is 37.2 Å². The van der Waals surface area contributed by atoms with Crippen LogP contribution in [0.25, 0.3) is 33.3 Å². The van der Waals surface area contributed by atoms with Gasteiger partial charge in [-0.1, -0.05) is 13.8 Å². The summed E-state index contributed by atoms with van der Waals surface area (Å²) in [4.78, 5) is 0. The van der Waals surface area contributed by atoms with Gasteiger partial charge in [-0.15, -0.1) is 0 Å². The number of benzene rings is 3. The summed E-state index contributed by atoms with van der Waals surface area (Å²) < 4.78 is 3.60. The number of hydrogen-bond donors (Lipinski definition) is 2. The number of aromatic nitrogens is 1. The van der Waals surface area contributed by atoms with Crippen LogP contribution in [0.2, 0.25) is 0 Å². The summed E-state index contributed by atoms with van der Waals surface area (Å²) in [7, 11) is 0. The molecule has 0 aliphatic heterocycles. The molecule has 4 heteroatoms. The van der Waals surface area contributed by atoms with Crippen LogP contribution in [0.4, 0.5) is 0 Å². The maximum atomic E-state index is 10.2. The molecular weight excluding hydrogens is 483 g/mol.